The van der Waals surface area contributed by atoms with Crippen LogP contribution in [0.5, 0.6) is 17.4 Å². The summed E-state index contributed by atoms with van der Waals surface area (Å²) in [4.78, 5) is 40.0. The summed E-state index contributed by atoms with van der Waals surface area (Å²) in [7, 11) is -4.87. The summed E-state index contributed by atoms with van der Waals surface area (Å²) in [5, 5.41) is 16.8. The van der Waals surface area contributed by atoms with E-state index in [1.165, 1.54) is 6.07 Å². The normalized spacial score (nSPS) is 24.7. The van der Waals surface area contributed by atoms with Gasteiger partial charge in [-0.2, -0.15) is 4.98 Å². The molecule has 8 heterocycles. The highest BCUT2D eigenvalue weighted by atomic mass is 32.2. The summed E-state index contributed by atoms with van der Waals surface area (Å²) in [6, 6.07) is 16.2. The minimum absolute atomic E-state index is 0.00319. The Balaban J connectivity index is 0.942. The van der Waals surface area contributed by atoms with Crippen molar-refractivity contribution in [2.24, 2.45) is 11.1 Å². The van der Waals surface area contributed by atoms with Gasteiger partial charge in [0.1, 0.15) is 40.4 Å². The van der Waals surface area contributed by atoms with E-state index in [9.17, 15) is 14.9 Å². The van der Waals surface area contributed by atoms with Gasteiger partial charge in [0.05, 0.1) is 70.8 Å². The van der Waals surface area contributed by atoms with Crippen molar-refractivity contribution >= 4 is 55.2 Å². The number of nitrogens with zero attached hydrogens (tertiary/aromatic N) is 5. The minimum Gasteiger partial charge on any atom is -0.491 e. The zero-order valence-electron chi connectivity index (χ0n) is 41.4. The Morgan fingerprint density at radius 2 is 1.73 bits per heavy atom. The number of aromatic nitrogens is 2. The number of halogens is 1. The highest BCUT2D eigenvalue weighted by Gasteiger charge is 2.52. The van der Waals surface area contributed by atoms with E-state index in [4.69, 9.17) is 39.1 Å². The van der Waals surface area contributed by atoms with E-state index in [-0.39, 0.29) is 90.3 Å². The second kappa shape index (κ2) is 18.8. The van der Waals surface area contributed by atoms with Crippen LogP contribution in [0.4, 0.5) is 32.8 Å². The zero-order valence-corrected chi connectivity index (χ0v) is 42.2. The summed E-state index contributed by atoms with van der Waals surface area (Å²) in [6.45, 7) is 7.66. The smallest absolute Gasteiger partial charge is 0.297 e. The van der Waals surface area contributed by atoms with Gasteiger partial charge in [-0.1, -0.05) is 18.2 Å². The molecule has 5 aromatic rings. The molecule has 4 atom stereocenters. The fraction of sp³-hybridized carbons (Fsp3) is 0.509. The number of ether oxygens (including phenoxy) is 6. The van der Waals surface area contributed by atoms with Crippen molar-refractivity contribution in [3.63, 3.8) is 0 Å². The third-order valence-electron chi connectivity index (χ3n) is 16.5. The van der Waals surface area contributed by atoms with Crippen LogP contribution in [-0.2, 0) is 24.0 Å². The Morgan fingerprint density at radius 3 is 2.50 bits per heavy atom. The van der Waals surface area contributed by atoms with Gasteiger partial charge in [0.2, 0.25) is 15.7 Å². The third-order valence-corrected chi connectivity index (χ3v) is 18.3. The number of H-pyrrole nitrogens is 1. The molecule has 0 unspecified atom stereocenters. The van der Waals surface area contributed by atoms with Crippen LogP contribution >= 0.6 is 0 Å². The van der Waals surface area contributed by atoms with Gasteiger partial charge in [-0.3, -0.25) is 19.8 Å². The molecule has 74 heavy (non-hydrogen) atoms. The van der Waals surface area contributed by atoms with Crippen LogP contribution in [0.15, 0.2) is 76.7 Å². The number of sulfone groups is 1. The number of hydrogen-bond acceptors (Lipinski definition) is 16. The maximum atomic E-state index is 16.3. The summed E-state index contributed by atoms with van der Waals surface area (Å²) < 4.78 is 84.9. The molecule has 2 aromatic heterocycles. The Bertz CT molecular complexity index is 3120. The van der Waals surface area contributed by atoms with Crippen molar-refractivity contribution in [1.29, 1.82) is 0 Å². The van der Waals surface area contributed by atoms with Gasteiger partial charge >= 0.3 is 0 Å². The molecule has 21 heteroatoms. The third kappa shape index (κ3) is 8.43. The van der Waals surface area contributed by atoms with Crippen LogP contribution in [0.1, 0.15) is 80.8 Å². The monoisotopic (exact) mass is 1040 g/mol. The zero-order chi connectivity index (χ0) is 51.1. The maximum absolute atomic E-state index is 16.3. The van der Waals surface area contributed by atoms with Crippen molar-refractivity contribution in [2.45, 2.75) is 111 Å². The van der Waals surface area contributed by atoms with E-state index in [1.54, 1.807) is 18.3 Å². The Kier molecular flexibility index (Phi) is 12.4. The molecule has 12 rings (SSSR count). The molecule has 1 saturated carbocycles. The van der Waals surface area contributed by atoms with E-state index in [0.717, 1.165) is 49.6 Å². The Morgan fingerprint density at radius 1 is 0.946 bits per heavy atom. The number of carbonyl (C=O) groups excluding carboxylic acids is 1. The average Bonchev–Trinajstić information content (AvgIpc) is 3.85. The number of morpholine rings is 1. The molecule has 6 aliphatic heterocycles. The molecule has 5 fully saturated rings. The number of piperidine rings is 1. The number of nitro benzene ring substituents is 1. The predicted octanol–water partition coefficient (Wildman–Crippen LogP) is 7.39. The molecule has 1 aliphatic carbocycles. The molecule has 0 bridgehead atoms. The van der Waals surface area contributed by atoms with Crippen molar-refractivity contribution in [1.82, 2.24) is 14.9 Å². The van der Waals surface area contributed by atoms with Crippen LogP contribution in [0.2, 0.25) is 0 Å². The minimum atomic E-state index is -4.87. The predicted molar refractivity (Wildman–Crippen MR) is 272 cm³/mol. The number of carbonyl (C=O) groups is 1. The van der Waals surface area contributed by atoms with Gasteiger partial charge in [-0.25, -0.2) is 12.8 Å². The van der Waals surface area contributed by atoms with E-state index in [2.05, 4.69) is 26.2 Å². The van der Waals surface area contributed by atoms with Crippen LogP contribution < -0.4 is 35.1 Å². The molecule has 1 spiro atoms. The van der Waals surface area contributed by atoms with Gasteiger partial charge in [0.25, 0.3) is 11.6 Å². The average molecular weight is 1040 g/mol. The number of anilines is 4. The van der Waals surface area contributed by atoms with E-state index in [1.807, 2.05) is 49.1 Å². The molecule has 0 radical (unpaired) electrons. The lowest BCUT2D eigenvalue weighted by Crippen LogP contribution is -2.58. The van der Waals surface area contributed by atoms with Gasteiger partial charge in [0, 0.05) is 87.6 Å². The first-order chi connectivity index (χ1) is 35.7. The van der Waals surface area contributed by atoms with Crippen molar-refractivity contribution in [2.75, 3.05) is 81.0 Å². The fourth-order valence-corrected chi connectivity index (χ4v) is 14.4. The van der Waals surface area contributed by atoms with E-state index >= 15 is 12.8 Å². The number of alkyl halides is 1. The first-order valence-corrected chi connectivity index (χ1v) is 27.2. The highest BCUT2D eigenvalue weighted by Crippen LogP contribution is 2.56. The fourth-order valence-electron chi connectivity index (χ4n) is 12.7. The lowest BCUT2D eigenvalue weighted by molar-refractivity contribution is -0.384. The number of fused-ring (bicyclic) bond motifs is 4. The number of nitrogens with two attached hydrogens (primary N) is 1. The quantitative estimate of drug-likeness (QED) is 0.0866. The maximum Gasteiger partial charge on any atom is 0.297 e. The van der Waals surface area contributed by atoms with Gasteiger partial charge < -0.3 is 54.3 Å². The van der Waals surface area contributed by atoms with Gasteiger partial charge in [-0.05, 0) is 81.7 Å². The number of nitrogens with one attached hydrogen (secondary N) is 2. The summed E-state index contributed by atoms with van der Waals surface area (Å²) >= 11 is 0. The topological polar surface area (TPSA) is 226 Å². The summed E-state index contributed by atoms with van der Waals surface area (Å²) in [5.74, 6) is 0.0683. The molecule has 1 amide bonds. The highest BCUT2D eigenvalue weighted by molar-refractivity contribution is 7.91. The number of hydrogen-bond donors (Lipinski definition) is 3. The molecule has 19 nitrogen and oxygen atoms in total. The lowest BCUT2D eigenvalue weighted by Gasteiger charge is -2.57. The molecule has 392 valence electrons. The second-order valence-electron chi connectivity index (χ2n) is 21.2. The van der Waals surface area contributed by atoms with Crippen LogP contribution in [0.3, 0.4) is 0 Å². The Hall–Kier alpha value is -6.26. The van der Waals surface area contributed by atoms with Crippen molar-refractivity contribution in [3.8, 4) is 17.4 Å². The summed E-state index contributed by atoms with van der Waals surface area (Å²) in [5.41, 5.74) is 6.11. The van der Waals surface area contributed by atoms with Gasteiger partial charge in [-0.15, -0.1) is 0 Å². The number of primary amides is 1. The number of rotatable bonds is 11. The largest absolute Gasteiger partial charge is 0.491 e. The second-order valence-corrected chi connectivity index (χ2v) is 23.1. The number of nitro groups is 1. The van der Waals surface area contributed by atoms with Crippen LogP contribution in [0.25, 0.3) is 11.0 Å². The van der Waals surface area contributed by atoms with Gasteiger partial charge in [0.15, 0.2) is 11.4 Å². The van der Waals surface area contributed by atoms with Crippen LogP contribution in [0, 0.1) is 15.5 Å². The molecular formula is C53H61FN8O11S. The SMILES string of the molecule is CC(C)Oc1ccccc1[C@@H]1COCCN1C1CC2(CCN(c3ccc(C(N)=O)c(N4c5cc6cc[nH]c6nc5O[C@H]5COCC[C@@H]54)c3S(=O)(=O)c3cc4c(c([N+](=O)[O-])c3)N[C@H](C3(F)CCOCC3)CO4)CC2)C1. The van der Waals surface area contributed by atoms with Crippen LogP contribution in [-0.4, -0.2) is 136 Å². The number of para-hydroxylation sites is 1. The lowest BCUT2D eigenvalue weighted by atomic mass is 9.59. The first-order valence-electron chi connectivity index (χ1n) is 25.8. The number of amides is 1. The van der Waals surface area contributed by atoms with Crippen molar-refractivity contribution in [3.05, 3.63) is 88.1 Å². The molecule has 3 aromatic carbocycles. The van der Waals surface area contributed by atoms with Crippen molar-refractivity contribution < 1.29 is 50.9 Å². The van der Waals surface area contributed by atoms with E-state index < -0.39 is 55.1 Å². The number of aromatic amines is 1. The molecular weight excluding hydrogens is 976 g/mol. The molecule has 7 aliphatic rings. The number of benzene rings is 3. The standard InChI is InChI=1S/C53H61FN8O11S/c1-31(2)72-42-6-4-3-5-35(42)41-28-70-22-18-60(41)33-26-52(27-33)11-16-59(17-12-52)38-8-7-36(49(55)63)47(61-37-10-19-69-29-44(37)73-51-40(61)23-32-9-15-56-50(32)58-51)48(38)74(66,67)34-24-39(62(64)65)46-43(25-34)71-30-45(57-46)53(54)13-20-68-21-14-53/h3-9,15,23-25,31,33,37,41,44-45,57H,10-14,16-22,26-30H2,1-2H3,(H2,55,63)(H,56,58)/t37-,41-,44-,45-/m0/s1. The Labute approximate surface area is 427 Å². The molecule has 4 saturated heterocycles. The number of pyridine rings is 1. The molecule has 4 N–H and O–H groups in total. The first kappa shape index (κ1) is 48.7. The van der Waals surface area contributed by atoms with E-state index in [0.29, 0.717) is 67.8 Å². The summed E-state index contributed by atoms with van der Waals surface area (Å²) in [6.07, 6.45) is 5.09.